The molecule has 0 unspecified atom stereocenters. The van der Waals surface area contributed by atoms with Crippen molar-refractivity contribution in [3.63, 3.8) is 0 Å². The first-order valence-corrected chi connectivity index (χ1v) is 9.88. The fraction of sp³-hybridized carbons (Fsp3) is 0.348. The number of benzene rings is 2. The smallest absolute Gasteiger partial charge is 0.311 e. The van der Waals surface area contributed by atoms with Gasteiger partial charge in [-0.1, -0.05) is 12.1 Å². The Morgan fingerprint density at radius 1 is 1.10 bits per heavy atom. The number of hydrogen-bond acceptors (Lipinski definition) is 6. The van der Waals surface area contributed by atoms with Crippen LogP contribution in [0.15, 0.2) is 36.4 Å². The van der Waals surface area contributed by atoms with Gasteiger partial charge in [0.2, 0.25) is 5.91 Å². The molecule has 1 saturated heterocycles. The summed E-state index contributed by atoms with van der Waals surface area (Å²) in [6, 6.07) is 10.8. The largest absolute Gasteiger partial charge is 0.497 e. The van der Waals surface area contributed by atoms with E-state index in [1.165, 1.54) is 14.2 Å². The molecule has 3 rings (SSSR count). The van der Waals surface area contributed by atoms with Gasteiger partial charge in [0, 0.05) is 24.7 Å². The zero-order chi connectivity index (χ0) is 22.5. The summed E-state index contributed by atoms with van der Waals surface area (Å²) in [5.74, 6) is -0.825. The van der Waals surface area contributed by atoms with Crippen LogP contribution in [0, 0.1) is 19.8 Å². The van der Waals surface area contributed by atoms with Gasteiger partial charge in [0.05, 0.1) is 25.8 Å². The molecule has 2 aromatic rings. The highest BCUT2D eigenvalue weighted by atomic mass is 16.5. The molecule has 2 amide bonds. The number of carbonyl (C=O) groups excluding carboxylic acids is 3. The number of anilines is 2. The van der Waals surface area contributed by atoms with Gasteiger partial charge in [-0.25, -0.2) is 0 Å². The molecule has 8 nitrogen and oxygen atoms in total. The van der Waals surface area contributed by atoms with Crippen molar-refractivity contribution in [3.8, 4) is 11.5 Å². The van der Waals surface area contributed by atoms with Gasteiger partial charge in [-0.3, -0.25) is 14.4 Å². The van der Waals surface area contributed by atoms with E-state index in [9.17, 15) is 14.4 Å². The van der Waals surface area contributed by atoms with E-state index in [2.05, 4.69) is 5.32 Å². The summed E-state index contributed by atoms with van der Waals surface area (Å²) >= 11 is 0. The van der Waals surface area contributed by atoms with Crippen molar-refractivity contribution in [2.24, 2.45) is 5.92 Å². The molecule has 1 heterocycles. The molecule has 2 aromatic carbocycles. The van der Waals surface area contributed by atoms with Crippen LogP contribution in [0.1, 0.15) is 17.5 Å². The Balaban J connectivity index is 1.57. The quantitative estimate of drug-likeness (QED) is 0.685. The highest BCUT2D eigenvalue weighted by Gasteiger charge is 2.37. The van der Waals surface area contributed by atoms with Gasteiger partial charge in [-0.2, -0.15) is 0 Å². The van der Waals surface area contributed by atoms with Crippen LogP contribution < -0.4 is 19.7 Å². The van der Waals surface area contributed by atoms with E-state index in [1.54, 1.807) is 23.1 Å². The zero-order valence-corrected chi connectivity index (χ0v) is 18.1. The Morgan fingerprint density at radius 3 is 2.58 bits per heavy atom. The topological polar surface area (TPSA) is 94.2 Å². The van der Waals surface area contributed by atoms with Crippen molar-refractivity contribution in [1.29, 1.82) is 0 Å². The summed E-state index contributed by atoms with van der Waals surface area (Å²) < 4.78 is 15.5. The second-order valence-corrected chi connectivity index (χ2v) is 7.42. The van der Waals surface area contributed by atoms with Crippen LogP contribution in [0.3, 0.4) is 0 Å². The third-order valence-corrected chi connectivity index (χ3v) is 5.14. The average Bonchev–Trinajstić information content (AvgIpc) is 3.15. The predicted molar refractivity (Wildman–Crippen MR) is 116 cm³/mol. The minimum Gasteiger partial charge on any atom is -0.497 e. The van der Waals surface area contributed by atoms with Gasteiger partial charge < -0.3 is 24.4 Å². The van der Waals surface area contributed by atoms with Crippen LogP contribution in [0.5, 0.6) is 11.5 Å². The number of methoxy groups -OCH3 is 2. The molecule has 164 valence electrons. The highest BCUT2D eigenvalue weighted by molar-refractivity contribution is 6.00. The molecule has 1 aliphatic rings. The summed E-state index contributed by atoms with van der Waals surface area (Å²) in [7, 11) is 3.00. The number of amides is 2. The van der Waals surface area contributed by atoms with E-state index < -0.39 is 24.4 Å². The van der Waals surface area contributed by atoms with E-state index in [0.717, 1.165) is 16.8 Å². The summed E-state index contributed by atoms with van der Waals surface area (Å²) in [6.45, 7) is 3.65. The molecular formula is C23H26N2O6. The van der Waals surface area contributed by atoms with E-state index >= 15 is 0 Å². The maximum atomic E-state index is 12.5. The van der Waals surface area contributed by atoms with Crippen LogP contribution in [0.25, 0.3) is 0 Å². The van der Waals surface area contributed by atoms with Crippen LogP contribution in [0.4, 0.5) is 11.4 Å². The van der Waals surface area contributed by atoms with Gasteiger partial charge in [0.15, 0.2) is 6.61 Å². The maximum Gasteiger partial charge on any atom is 0.311 e. The van der Waals surface area contributed by atoms with Gasteiger partial charge in [0.1, 0.15) is 11.5 Å². The zero-order valence-electron chi connectivity index (χ0n) is 18.1. The Hall–Kier alpha value is -3.55. The first-order chi connectivity index (χ1) is 14.8. The van der Waals surface area contributed by atoms with Crippen LogP contribution in [0.2, 0.25) is 0 Å². The number of aryl methyl sites for hydroxylation is 2. The molecule has 1 aliphatic heterocycles. The Labute approximate surface area is 181 Å². The first-order valence-electron chi connectivity index (χ1n) is 9.88. The average molecular weight is 426 g/mol. The van der Waals surface area contributed by atoms with Crippen LogP contribution in [-0.4, -0.2) is 45.2 Å². The third kappa shape index (κ3) is 5.14. The second-order valence-electron chi connectivity index (χ2n) is 7.42. The molecule has 8 heteroatoms. The number of hydrogen-bond donors (Lipinski definition) is 1. The maximum absolute atomic E-state index is 12.5. The lowest BCUT2D eigenvalue weighted by molar-refractivity contribution is -0.151. The number of nitrogens with one attached hydrogen (secondary N) is 1. The van der Waals surface area contributed by atoms with Crippen molar-refractivity contribution in [2.75, 3.05) is 37.6 Å². The fourth-order valence-corrected chi connectivity index (χ4v) is 3.45. The summed E-state index contributed by atoms with van der Waals surface area (Å²) in [6.07, 6.45) is 0.0557. The van der Waals surface area contributed by atoms with Crippen molar-refractivity contribution >= 4 is 29.2 Å². The molecule has 1 N–H and O–H groups in total. The van der Waals surface area contributed by atoms with E-state index in [-0.39, 0.29) is 18.9 Å². The first kappa shape index (κ1) is 22.1. The molecular weight excluding hydrogens is 400 g/mol. The summed E-state index contributed by atoms with van der Waals surface area (Å²) in [5.41, 5.74) is 3.22. The molecule has 0 aromatic heterocycles. The minimum absolute atomic E-state index is 0.0557. The molecule has 1 fully saturated rings. The molecule has 31 heavy (non-hydrogen) atoms. The van der Waals surface area contributed by atoms with Gasteiger partial charge in [0.25, 0.3) is 5.91 Å². The van der Waals surface area contributed by atoms with Crippen molar-refractivity contribution < 1.29 is 28.6 Å². The lowest BCUT2D eigenvalue weighted by atomic mass is 10.1. The van der Waals surface area contributed by atoms with Crippen molar-refractivity contribution in [3.05, 3.63) is 47.5 Å². The lowest BCUT2D eigenvalue weighted by Crippen LogP contribution is -2.28. The molecule has 1 atom stereocenters. The summed E-state index contributed by atoms with van der Waals surface area (Å²) in [4.78, 5) is 38.8. The Morgan fingerprint density at radius 2 is 1.87 bits per heavy atom. The number of nitrogens with zero attached hydrogens (tertiary/aromatic N) is 1. The molecule has 0 aliphatic carbocycles. The number of ether oxygens (including phenoxy) is 3. The van der Waals surface area contributed by atoms with E-state index in [4.69, 9.17) is 14.2 Å². The van der Waals surface area contributed by atoms with Gasteiger partial charge in [-0.15, -0.1) is 0 Å². The molecule has 0 spiro atoms. The van der Waals surface area contributed by atoms with Gasteiger partial charge in [-0.05, 0) is 43.2 Å². The second kappa shape index (κ2) is 9.51. The SMILES string of the molecule is COc1ccc(NC(=O)COC(=O)[C@H]2CC(=O)N(c3cc(C)ccc3C)C2)c(OC)c1. The third-order valence-electron chi connectivity index (χ3n) is 5.14. The molecule has 0 bridgehead atoms. The minimum atomic E-state index is -0.615. The number of esters is 1. The highest BCUT2D eigenvalue weighted by Crippen LogP contribution is 2.30. The monoisotopic (exact) mass is 426 g/mol. The standard InChI is InChI=1S/C23H26N2O6/c1-14-5-6-15(2)19(9-14)25-12-16(10-22(25)27)23(28)31-13-21(26)24-18-8-7-17(29-3)11-20(18)30-4/h5-9,11,16H,10,12-13H2,1-4H3,(H,24,26)/t16-/m0/s1. The Kier molecular flexibility index (Phi) is 6.79. The van der Waals surface area contributed by atoms with Crippen molar-refractivity contribution in [1.82, 2.24) is 0 Å². The summed E-state index contributed by atoms with van der Waals surface area (Å²) in [5, 5.41) is 2.64. The van der Waals surface area contributed by atoms with E-state index in [1.807, 2.05) is 32.0 Å². The number of rotatable bonds is 7. The number of carbonyl (C=O) groups is 3. The predicted octanol–water partition coefficient (Wildman–Crippen LogP) is 2.86. The van der Waals surface area contributed by atoms with E-state index in [0.29, 0.717) is 17.2 Å². The van der Waals surface area contributed by atoms with Crippen molar-refractivity contribution in [2.45, 2.75) is 20.3 Å². The lowest BCUT2D eigenvalue weighted by Gasteiger charge is -2.19. The van der Waals surface area contributed by atoms with Crippen LogP contribution >= 0.6 is 0 Å². The van der Waals surface area contributed by atoms with Gasteiger partial charge >= 0.3 is 5.97 Å². The fourth-order valence-electron chi connectivity index (χ4n) is 3.45. The Bertz CT molecular complexity index is 1000. The molecule has 0 radical (unpaired) electrons. The van der Waals surface area contributed by atoms with Crippen LogP contribution in [-0.2, 0) is 19.1 Å². The molecule has 0 saturated carbocycles. The normalized spacial score (nSPS) is 15.5.